The van der Waals surface area contributed by atoms with Crippen LogP contribution in [0.3, 0.4) is 0 Å². The number of hydrogen-bond donors (Lipinski definition) is 1. The van der Waals surface area contributed by atoms with Crippen LogP contribution >= 0.6 is 0 Å². The summed E-state index contributed by atoms with van der Waals surface area (Å²) in [5.41, 5.74) is 3.54. The van der Waals surface area contributed by atoms with Crippen molar-refractivity contribution in [1.82, 2.24) is 15.2 Å². The predicted octanol–water partition coefficient (Wildman–Crippen LogP) is 5.37. The summed E-state index contributed by atoms with van der Waals surface area (Å²) in [6.07, 6.45) is 2.70. The summed E-state index contributed by atoms with van der Waals surface area (Å²) in [7, 11) is 4.09. The molecule has 3 rings (SSSR count). The topological polar surface area (TPSA) is 103 Å². The van der Waals surface area contributed by atoms with E-state index < -0.39 is 6.09 Å². The van der Waals surface area contributed by atoms with Gasteiger partial charge >= 0.3 is 6.09 Å². The van der Waals surface area contributed by atoms with Crippen LogP contribution in [0.5, 0.6) is 11.5 Å². The van der Waals surface area contributed by atoms with Crippen LogP contribution in [-0.4, -0.2) is 62.2 Å². The Morgan fingerprint density at radius 3 is 2.58 bits per heavy atom. The number of rotatable bonds is 16. The summed E-state index contributed by atoms with van der Waals surface area (Å²) >= 11 is 0. The fraction of sp³-hybridized carbons (Fsp3) is 0.452. The molecule has 1 heterocycles. The third-order valence-corrected chi connectivity index (χ3v) is 6.07. The Morgan fingerprint density at radius 1 is 1.05 bits per heavy atom. The third-order valence-electron chi connectivity index (χ3n) is 6.07. The molecule has 9 nitrogen and oxygen atoms in total. The number of aryl methyl sites for hydroxylation is 2. The highest BCUT2D eigenvalue weighted by Crippen LogP contribution is 2.26. The molecule has 1 aromatic heterocycles. The number of amides is 1. The van der Waals surface area contributed by atoms with Gasteiger partial charge < -0.3 is 33.6 Å². The van der Waals surface area contributed by atoms with Crippen LogP contribution in [0.4, 0.5) is 4.79 Å². The number of benzene rings is 2. The molecule has 0 atom stereocenters. The lowest BCUT2D eigenvalue weighted by molar-refractivity contribution is -0.107. The molecule has 216 valence electrons. The number of aldehydes is 1. The summed E-state index contributed by atoms with van der Waals surface area (Å²) in [6.45, 7) is 7.78. The zero-order valence-electron chi connectivity index (χ0n) is 24.2. The molecule has 1 N–H and O–H groups in total. The van der Waals surface area contributed by atoms with Crippen LogP contribution in [0, 0.1) is 6.92 Å². The average Bonchev–Trinajstić information content (AvgIpc) is 3.29. The Morgan fingerprint density at radius 2 is 1.82 bits per heavy atom. The van der Waals surface area contributed by atoms with Crippen LogP contribution in [0.2, 0.25) is 0 Å². The van der Waals surface area contributed by atoms with E-state index in [0.29, 0.717) is 44.1 Å². The smallest absolute Gasteiger partial charge is 0.407 e. The van der Waals surface area contributed by atoms with Gasteiger partial charge in [0.1, 0.15) is 23.5 Å². The van der Waals surface area contributed by atoms with Crippen molar-refractivity contribution in [2.75, 3.05) is 33.9 Å². The predicted molar refractivity (Wildman–Crippen MR) is 154 cm³/mol. The van der Waals surface area contributed by atoms with E-state index in [1.165, 1.54) is 0 Å². The van der Waals surface area contributed by atoms with E-state index in [0.717, 1.165) is 53.1 Å². The van der Waals surface area contributed by atoms with Crippen LogP contribution in [-0.2, 0) is 28.9 Å². The monoisotopic (exact) mass is 551 g/mol. The van der Waals surface area contributed by atoms with Crippen molar-refractivity contribution in [3.05, 3.63) is 65.0 Å². The molecule has 0 bridgehead atoms. The summed E-state index contributed by atoms with van der Waals surface area (Å²) in [5, 5.41) is 2.77. The second-order valence-electron chi connectivity index (χ2n) is 10.1. The van der Waals surface area contributed by atoms with Gasteiger partial charge in [0.2, 0.25) is 5.89 Å². The maximum absolute atomic E-state index is 12.0. The molecule has 0 aliphatic carbocycles. The standard InChI is InChI=1S/C31H41N3O6/c1-22(2)39-31(36)32-21-26-20-28(13-12-24(26)10-7-16-35)38-18-14-29-23(3)40-30(33-29)25-9-6-11-27(19-25)37-17-8-15-34(4)5/h6,9,11-13,16,19-20,22H,7-8,10,14-15,17-18,21H2,1-5H3,(H,32,36). The number of nitrogens with one attached hydrogen (secondary N) is 1. The Labute approximate surface area is 236 Å². The molecule has 0 fully saturated rings. The number of hydrogen-bond acceptors (Lipinski definition) is 8. The van der Waals surface area contributed by atoms with Gasteiger partial charge in [-0.3, -0.25) is 0 Å². The molecule has 0 spiro atoms. The molecular weight excluding hydrogens is 510 g/mol. The first-order chi connectivity index (χ1) is 19.2. The molecule has 0 aliphatic rings. The minimum absolute atomic E-state index is 0.208. The molecule has 0 aliphatic heterocycles. The second kappa shape index (κ2) is 15.7. The number of oxazole rings is 1. The lowest BCUT2D eigenvalue weighted by atomic mass is 10.0. The van der Waals surface area contributed by atoms with Crippen molar-refractivity contribution < 1.29 is 28.2 Å². The van der Waals surface area contributed by atoms with Crippen molar-refractivity contribution in [2.45, 2.75) is 59.1 Å². The van der Waals surface area contributed by atoms with Gasteiger partial charge in [-0.05, 0) is 89.2 Å². The van der Waals surface area contributed by atoms with Gasteiger partial charge in [-0.15, -0.1) is 0 Å². The number of nitrogens with zero attached hydrogens (tertiary/aromatic N) is 2. The van der Waals surface area contributed by atoms with Gasteiger partial charge in [0.25, 0.3) is 0 Å². The van der Waals surface area contributed by atoms with E-state index in [2.05, 4.69) is 10.2 Å². The molecule has 9 heteroatoms. The molecule has 0 saturated heterocycles. The van der Waals surface area contributed by atoms with Crippen molar-refractivity contribution >= 4 is 12.4 Å². The highest BCUT2D eigenvalue weighted by atomic mass is 16.6. The number of carbonyl (C=O) groups excluding carboxylic acids is 2. The molecule has 1 amide bonds. The summed E-state index contributed by atoms with van der Waals surface area (Å²) in [6, 6.07) is 13.5. The van der Waals surface area contributed by atoms with Gasteiger partial charge in [-0.2, -0.15) is 0 Å². The molecule has 0 saturated carbocycles. The SMILES string of the molecule is Cc1oc(-c2cccc(OCCCN(C)C)c2)nc1CCOc1ccc(CCC=O)c(CNC(=O)OC(C)C)c1. The first-order valence-corrected chi connectivity index (χ1v) is 13.7. The van der Waals surface area contributed by atoms with Crippen molar-refractivity contribution in [2.24, 2.45) is 0 Å². The maximum atomic E-state index is 12.0. The lowest BCUT2D eigenvalue weighted by Gasteiger charge is -2.14. The van der Waals surface area contributed by atoms with Crippen molar-refractivity contribution in [3.8, 4) is 23.0 Å². The summed E-state index contributed by atoms with van der Waals surface area (Å²) < 4.78 is 23.0. The number of ether oxygens (including phenoxy) is 3. The fourth-order valence-electron chi connectivity index (χ4n) is 4.08. The Balaban J connectivity index is 1.59. The van der Waals surface area contributed by atoms with Gasteiger partial charge in [0.05, 0.1) is 25.0 Å². The third kappa shape index (κ3) is 10.0. The summed E-state index contributed by atoms with van der Waals surface area (Å²) in [4.78, 5) is 29.7. The van der Waals surface area contributed by atoms with E-state index in [1.54, 1.807) is 13.8 Å². The Hall–Kier alpha value is -3.85. The zero-order chi connectivity index (χ0) is 28.9. The molecule has 3 aromatic rings. The maximum Gasteiger partial charge on any atom is 0.407 e. The quantitative estimate of drug-likeness (QED) is 0.187. The van der Waals surface area contributed by atoms with Crippen LogP contribution < -0.4 is 14.8 Å². The molecule has 2 aromatic carbocycles. The van der Waals surface area contributed by atoms with Crippen molar-refractivity contribution in [3.63, 3.8) is 0 Å². The Bertz CT molecular complexity index is 1240. The fourth-order valence-corrected chi connectivity index (χ4v) is 4.08. The van der Waals surface area contributed by atoms with Gasteiger partial charge in [-0.1, -0.05) is 12.1 Å². The number of aromatic nitrogens is 1. The first kappa shape index (κ1) is 30.7. The van der Waals surface area contributed by atoms with Crippen LogP contribution in [0.15, 0.2) is 46.9 Å². The molecule has 0 unspecified atom stereocenters. The minimum Gasteiger partial charge on any atom is -0.494 e. The van der Waals surface area contributed by atoms with E-state index >= 15 is 0 Å². The summed E-state index contributed by atoms with van der Waals surface area (Å²) in [5.74, 6) is 2.75. The second-order valence-corrected chi connectivity index (χ2v) is 10.1. The molecule has 40 heavy (non-hydrogen) atoms. The van der Waals surface area contributed by atoms with E-state index in [4.69, 9.17) is 23.6 Å². The number of alkyl carbamates (subject to hydrolysis) is 1. The molecular formula is C31H41N3O6. The van der Waals surface area contributed by atoms with E-state index in [1.807, 2.05) is 63.5 Å². The van der Waals surface area contributed by atoms with Gasteiger partial charge in [-0.25, -0.2) is 9.78 Å². The van der Waals surface area contributed by atoms with E-state index in [9.17, 15) is 9.59 Å². The average molecular weight is 552 g/mol. The Kier molecular flexibility index (Phi) is 12.0. The van der Waals surface area contributed by atoms with Gasteiger partial charge in [0, 0.05) is 31.5 Å². The van der Waals surface area contributed by atoms with Gasteiger partial charge in [0.15, 0.2) is 0 Å². The minimum atomic E-state index is -0.485. The zero-order valence-corrected chi connectivity index (χ0v) is 24.2. The highest BCUT2D eigenvalue weighted by Gasteiger charge is 2.13. The highest BCUT2D eigenvalue weighted by molar-refractivity contribution is 5.67. The number of carbonyl (C=O) groups is 2. The molecule has 0 radical (unpaired) electrons. The van der Waals surface area contributed by atoms with Crippen LogP contribution in [0.1, 0.15) is 49.3 Å². The first-order valence-electron chi connectivity index (χ1n) is 13.7. The van der Waals surface area contributed by atoms with Crippen LogP contribution in [0.25, 0.3) is 11.5 Å². The lowest BCUT2D eigenvalue weighted by Crippen LogP contribution is -2.26. The van der Waals surface area contributed by atoms with E-state index in [-0.39, 0.29) is 12.6 Å². The largest absolute Gasteiger partial charge is 0.494 e. The van der Waals surface area contributed by atoms with Crippen molar-refractivity contribution in [1.29, 1.82) is 0 Å². The normalized spacial score (nSPS) is 11.1.